The number of guanidine groups is 1. The summed E-state index contributed by atoms with van der Waals surface area (Å²) in [5, 5.41) is 9.34. The first-order valence-corrected chi connectivity index (χ1v) is 9.40. The predicted octanol–water partition coefficient (Wildman–Crippen LogP) is 3.26. The molecule has 142 valence electrons. The van der Waals surface area contributed by atoms with Gasteiger partial charge in [-0.15, -0.1) is 35.7 Å². The summed E-state index contributed by atoms with van der Waals surface area (Å²) in [5.41, 5.74) is -0.229. The Balaban J connectivity index is 0.00000576. The highest BCUT2D eigenvalue weighted by atomic mass is 127. The van der Waals surface area contributed by atoms with Crippen molar-refractivity contribution in [2.45, 2.75) is 44.6 Å². The predicted molar refractivity (Wildman–Crippen MR) is 119 cm³/mol. The summed E-state index contributed by atoms with van der Waals surface area (Å²) in [6.07, 6.45) is 1.03. The number of nitrogens with zero attached hydrogens (tertiary/aromatic N) is 1. The Bertz CT molecular complexity index is 518. The average Bonchev–Trinajstić information content (AvgIpc) is 2.51. The number of rotatable bonds is 8. The molecule has 1 aromatic carbocycles. The van der Waals surface area contributed by atoms with E-state index in [4.69, 9.17) is 0 Å². The largest absolute Gasteiger partial charge is 0.357 e. The van der Waals surface area contributed by atoms with Crippen LogP contribution < -0.4 is 16.0 Å². The maximum Gasteiger partial charge on any atom is 0.242 e. The van der Waals surface area contributed by atoms with Crippen LogP contribution in [0.1, 0.15) is 34.1 Å². The Hall–Kier alpha value is -0.960. The van der Waals surface area contributed by atoms with Crippen LogP contribution >= 0.6 is 35.7 Å². The van der Waals surface area contributed by atoms with Gasteiger partial charge < -0.3 is 16.0 Å². The quantitative estimate of drug-likeness (QED) is 0.177. The van der Waals surface area contributed by atoms with Gasteiger partial charge in [0.05, 0.1) is 0 Å². The molecule has 25 heavy (non-hydrogen) atoms. The fourth-order valence-electron chi connectivity index (χ4n) is 1.94. The van der Waals surface area contributed by atoms with Crippen LogP contribution in [0.2, 0.25) is 0 Å². The number of benzene rings is 1. The molecule has 0 heterocycles. The zero-order valence-corrected chi connectivity index (χ0v) is 18.7. The van der Waals surface area contributed by atoms with E-state index in [9.17, 15) is 4.79 Å². The molecular weight excluding hydrogens is 447 g/mol. The Morgan fingerprint density at radius 3 is 2.44 bits per heavy atom. The molecule has 0 radical (unpaired) electrons. The van der Waals surface area contributed by atoms with E-state index in [1.807, 2.05) is 45.5 Å². The SMILES string of the molecule is CCNC(=NCC(=O)NC(C)(C)C)NCCCSc1ccccc1.I. The first-order chi connectivity index (χ1) is 11.4. The van der Waals surface area contributed by atoms with E-state index in [0.29, 0.717) is 5.96 Å². The summed E-state index contributed by atoms with van der Waals surface area (Å²) in [6.45, 7) is 9.62. The Kier molecular flexibility index (Phi) is 12.8. The van der Waals surface area contributed by atoms with Gasteiger partial charge in [-0.25, -0.2) is 4.99 Å². The molecule has 0 spiro atoms. The van der Waals surface area contributed by atoms with Gasteiger partial charge in [0, 0.05) is 23.5 Å². The molecule has 1 rings (SSSR count). The molecule has 0 fully saturated rings. The van der Waals surface area contributed by atoms with Gasteiger partial charge in [-0.05, 0) is 52.0 Å². The highest BCUT2D eigenvalue weighted by molar-refractivity contribution is 14.0. The van der Waals surface area contributed by atoms with Crippen molar-refractivity contribution in [2.75, 3.05) is 25.4 Å². The van der Waals surface area contributed by atoms with E-state index in [-0.39, 0.29) is 42.0 Å². The van der Waals surface area contributed by atoms with Crippen molar-refractivity contribution in [3.63, 3.8) is 0 Å². The fourth-order valence-corrected chi connectivity index (χ4v) is 2.81. The number of aliphatic imine (C=N–C) groups is 1. The molecule has 0 saturated heterocycles. The number of amides is 1. The topological polar surface area (TPSA) is 65.5 Å². The average molecular weight is 478 g/mol. The third-order valence-corrected chi connectivity index (χ3v) is 3.96. The van der Waals surface area contributed by atoms with Crippen molar-refractivity contribution in [1.82, 2.24) is 16.0 Å². The van der Waals surface area contributed by atoms with E-state index in [2.05, 4.69) is 45.2 Å². The lowest BCUT2D eigenvalue weighted by atomic mass is 10.1. The van der Waals surface area contributed by atoms with Gasteiger partial charge in [0.1, 0.15) is 6.54 Å². The van der Waals surface area contributed by atoms with E-state index in [1.54, 1.807) is 0 Å². The van der Waals surface area contributed by atoms with Crippen LogP contribution in [0.4, 0.5) is 0 Å². The summed E-state index contributed by atoms with van der Waals surface area (Å²) in [4.78, 5) is 17.4. The second-order valence-corrected chi connectivity index (χ2v) is 7.60. The molecule has 0 aromatic heterocycles. The van der Waals surface area contributed by atoms with Crippen LogP contribution in [-0.2, 0) is 4.79 Å². The van der Waals surface area contributed by atoms with E-state index < -0.39 is 0 Å². The lowest BCUT2D eigenvalue weighted by molar-refractivity contribution is -0.121. The molecule has 0 aliphatic rings. The van der Waals surface area contributed by atoms with Crippen LogP contribution in [0, 0.1) is 0 Å². The van der Waals surface area contributed by atoms with Crippen LogP contribution in [0.3, 0.4) is 0 Å². The number of halogens is 1. The van der Waals surface area contributed by atoms with Crippen molar-refractivity contribution in [3.05, 3.63) is 30.3 Å². The second-order valence-electron chi connectivity index (χ2n) is 6.44. The van der Waals surface area contributed by atoms with Crippen molar-refractivity contribution >= 4 is 47.6 Å². The molecule has 5 nitrogen and oxygen atoms in total. The molecule has 1 aromatic rings. The zero-order chi connectivity index (χ0) is 17.8. The van der Waals surface area contributed by atoms with Crippen molar-refractivity contribution in [1.29, 1.82) is 0 Å². The zero-order valence-electron chi connectivity index (χ0n) is 15.6. The van der Waals surface area contributed by atoms with Gasteiger partial charge >= 0.3 is 0 Å². The van der Waals surface area contributed by atoms with Crippen molar-refractivity contribution < 1.29 is 4.79 Å². The smallest absolute Gasteiger partial charge is 0.242 e. The molecule has 3 N–H and O–H groups in total. The Morgan fingerprint density at radius 2 is 1.84 bits per heavy atom. The Labute approximate surface area is 173 Å². The molecule has 0 aliphatic heterocycles. The fraction of sp³-hybridized carbons (Fsp3) is 0.556. The normalized spacial score (nSPS) is 11.4. The van der Waals surface area contributed by atoms with Crippen LogP contribution in [-0.4, -0.2) is 42.8 Å². The molecule has 0 unspecified atom stereocenters. The van der Waals surface area contributed by atoms with Crippen molar-refractivity contribution in [2.24, 2.45) is 4.99 Å². The minimum absolute atomic E-state index is 0. The number of hydrogen-bond donors (Lipinski definition) is 3. The van der Waals surface area contributed by atoms with Gasteiger partial charge in [0.25, 0.3) is 0 Å². The number of nitrogens with one attached hydrogen (secondary N) is 3. The number of hydrogen-bond acceptors (Lipinski definition) is 3. The molecule has 0 saturated carbocycles. The van der Waals surface area contributed by atoms with E-state index >= 15 is 0 Å². The molecule has 0 atom stereocenters. The number of thioether (sulfide) groups is 1. The minimum Gasteiger partial charge on any atom is -0.357 e. The minimum atomic E-state index is -0.229. The summed E-state index contributed by atoms with van der Waals surface area (Å²) >= 11 is 1.85. The maximum absolute atomic E-state index is 11.8. The Morgan fingerprint density at radius 1 is 1.16 bits per heavy atom. The van der Waals surface area contributed by atoms with Gasteiger partial charge in [-0.1, -0.05) is 18.2 Å². The summed E-state index contributed by atoms with van der Waals surface area (Å²) in [7, 11) is 0. The summed E-state index contributed by atoms with van der Waals surface area (Å²) < 4.78 is 0. The molecule has 0 aliphatic carbocycles. The van der Waals surface area contributed by atoms with Crippen LogP contribution in [0.15, 0.2) is 40.2 Å². The first kappa shape index (κ1) is 24.0. The lowest BCUT2D eigenvalue weighted by Crippen LogP contribution is -2.43. The summed E-state index contributed by atoms with van der Waals surface area (Å²) in [5.74, 6) is 1.66. The highest BCUT2D eigenvalue weighted by Gasteiger charge is 2.13. The first-order valence-electron chi connectivity index (χ1n) is 8.42. The van der Waals surface area contributed by atoms with Gasteiger partial charge in [-0.3, -0.25) is 4.79 Å². The molecule has 7 heteroatoms. The highest BCUT2D eigenvalue weighted by Crippen LogP contribution is 2.17. The monoisotopic (exact) mass is 478 g/mol. The molecular formula is C18H31IN4OS. The summed E-state index contributed by atoms with van der Waals surface area (Å²) in [6, 6.07) is 10.4. The molecule has 0 bridgehead atoms. The number of carbonyl (C=O) groups is 1. The van der Waals surface area contributed by atoms with Gasteiger partial charge in [0.2, 0.25) is 5.91 Å². The standard InChI is InChI=1S/C18H30N4OS.HI/c1-5-19-17(21-14-16(23)22-18(2,3)4)20-12-9-13-24-15-10-7-6-8-11-15;/h6-8,10-11H,5,9,12-14H2,1-4H3,(H,22,23)(H2,19,20,21);1H. The van der Waals surface area contributed by atoms with E-state index in [1.165, 1.54) is 4.90 Å². The van der Waals surface area contributed by atoms with Gasteiger partial charge in [-0.2, -0.15) is 0 Å². The third-order valence-electron chi connectivity index (χ3n) is 2.86. The second kappa shape index (κ2) is 13.3. The van der Waals surface area contributed by atoms with Crippen LogP contribution in [0.5, 0.6) is 0 Å². The van der Waals surface area contributed by atoms with Crippen molar-refractivity contribution in [3.8, 4) is 0 Å². The third kappa shape index (κ3) is 13.0. The maximum atomic E-state index is 11.8. The molecule has 1 amide bonds. The van der Waals surface area contributed by atoms with Crippen LogP contribution in [0.25, 0.3) is 0 Å². The lowest BCUT2D eigenvalue weighted by Gasteiger charge is -2.20. The van der Waals surface area contributed by atoms with Gasteiger partial charge in [0.15, 0.2) is 5.96 Å². The number of carbonyl (C=O) groups excluding carboxylic acids is 1. The van der Waals surface area contributed by atoms with E-state index in [0.717, 1.165) is 25.3 Å².